The summed E-state index contributed by atoms with van der Waals surface area (Å²) in [5.41, 5.74) is 2.48. The highest BCUT2D eigenvalue weighted by Crippen LogP contribution is 2.17. The van der Waals surface area contributed by atoms with Crippen LogP contribution < -0.4 is 5.06 Å². The fourth-order valence-electron chi connectivity index (χ4n) is 1.37. The molecule has 1 heterocycles. The maximum atomic E-state index is 5.49. The highest BCUT2D eigenvalue weighted by Gasteiger charge is 2.10. The zero-order valence-electron chi connectivity index (χ0n) is 7.73. The quantitative estimate of drug-likeness (QED) is 0.608. The molecule has 1 aliphatic rings. The average Bonchev–Trinajstić information content (AvgIpc) is 2.19. The van der Waals surface area contributed by atoms with Crippen LogP contribution in [0.25, 0.3) is 0 Å². The van der Waals surface area contributed by atoms with Crippen molar-refractivity contribution < 1.29 is 4.84 Å². The second-order valence-electron chi connectivity index (χ2n) is 3.22. The molecule has 2 heteroatoms. The number of para-hydroxylation sites is 1. The van der Waals surface area contributed by atoms with Gasteiger partial charge in [0.15, 0.2) is 0 Å². The summed E-state index contributed by atoms with van der Waals surface area (Å²) in [7, 11) is 0. The van der Waals surface area contributed by atoms with E-state index < -0.39 is 0 Å². The van der Waals surface area contributed by atoms with Crippen LogP contribution in [0.15, 0.2) is 42.0 Å². The first-order chi connectivity index (χ1) is 6.36. The lowest BCUT2D eigenvalue weighted by atomic mass is 10.2. The van der Waals surface area contributed by atoms with E-state index in [-0.39, 0.29) is 0 Å². The molecule has 1 aromatic carbocycles. The number of anilines is 1. The van der Waals surface area contributed by atoms with Gasteiger partial charge in [0.25, 0.3) is 0 Å². The van der Waals surface area contributed by atoms with E-state index in [4.69, 9.17) is 4.84 Å². The third-order valence-corrected chi connectivity index (χ3v) is 2.10. The van der Waals surface area contributed by atoms with E-state index in [0.29, 0.717) is 6.61 Å². The Hall–Kier alpha value is -1.28. The molecular weight excluding hydrogens is 162 g/mol. The normalized spacial score (nSPS) is 17.0. The van der Waals surface area contributed by atoms with Crippen LogP contribution in [0.2, 0.25) is 0 Å². The van der Waals surface area contributed by atoms with E-state index in [1.807, 2.05) is 23.3 Å². The highest BCUT2D eigenvalue weighted by molar-refractivity contribution is 5.45. The predicted octanol–water partition coefficient (Wildman–Crippen LogP) is 2.38. The van der Waals surface area contributed by atoms with Crippen molar-refractivity contribution in [2.45, 2.75) is 6.92 Å². The lowest BCUT2D eigenvalue weighted by Crippen LogP contribution is -2.29. The summed E-state index contributed by atoms with van der Waals surface area (Å²) >= 11 is 0. The Labute approximate surface area is 78.4 Å². The van der Waals surface area contributed by atoms with Gasteiger partial charge in [0.1, 0.15) is 0 Å². The van der Waals surface area contributed by atoms with E-state index in [9.17, 15) is 0 Å². The van der Waals surface area contributed by atoms with Gasteiger partial charge in [0.05, 0.1) is 18.8 Å². The lowest BCUT2D eigenvalue weighted by Gasteiger charge is -2.27. The second-order valence-corrected chi connectivity index (χ2v) is 3.22. The third kappa shape index (κ3) is 1.90. The first-order valence-electron chi connectivity index (χ1n) is 4.47. The van der Waals surface area contributed by atoms with Gasteiger partial charge >= 0.3 is 0 Å². The minimum absolute atomic E-state index is 0.681. The summed E-state index contributed by atoms with van der Waals surface area (Å²) in [4.78, 5) is 5.49. The van der Waals surface area contributed by atoms with Gasteiger partial charge in [-0.05, 0) is 19.1 Å². The smallest absolute Gasteiger partial charge is 0.0933 e. The van der Waals surface area contributed by atoms with Crippen molar-refractivity contribution in [3.8, 4) is 0 Å². The molecule has 0 saturated carbocycles. The zero-order chi connectivity index (χ0) is 9.10. The number of rotatable bonds is 1. The molecule has 0 saturated heterocycles. The molecule has 0 aliphatic carbocycles. The van der Waals surface area contributed by atoms with E-state index >= 15 is 0 Å². The molecule has 1 aromatic rings. The Morgan fingerprint density at radius 2 is 2.00 bits per heavy atom. The molecule has 2 rings (SSSR count). The lowest BCUT2D eigenvalue weighted by molar-refractivity contribution is 0.129. The molecule has 0 radical (unpaired) electrons. The maximum absolute atomic E-state index is 5.49. The molecular formula is C11H13NO. The van der Waals surface area contributed by atoms with E-state index in [2.05, 4.69) is 25.1 Å². The van der Waals surface area contributed by atoms with Gasteiger partial charge in [-0.25, -0.2) is 5.06 Å². The van der Waals surface area contributed by atoms with Gasteiger partial charge in [0.2, 0.25) is 0 Å². The zero-order valence-corrected chi connectivity index (χ0v) is 7.73. The number of hydroxylamine groups is 1. The van der Waals surface area contributed by atoms with Crippen LogP contribution in [0.5, 0.6) is 0 Å². The molecule has 0 aromatic heterocycles. The van der Waals surface area contributed by atoms with Crippen LogP contribution in [0, 0.1) is 0 Å². The molecule has 13 heavy (non-hydrogen) atoms. The minimum atomic E-state index is 0.681. The Balaban J connectivity index is 2.15. The number of nitrogens with zero attached hydrogens (tertiary/aromatic N) is 1. The van der Waals surface area contributed by atoms with Crippen molar-refractivity contribution in [3.05, 3.63) is 42.0 Å². The van der Waals surface area contributed by atoms with E-state index in [0.717, 1.165) is 12.2 Å². The summed E-state index contributed by atoms with van der Waals surface area (Å²) in [6.45, 7) is 3.67. The molecule has 0 atom stereocenters. The van der Waals surface area contributed by atoms with Crippen LogP contribution in [-0.2, 0) is 4.84 Å². The molecule has 0 fully saturated rings. The topological polar surface area (TPSA) is 12.5 Å². The number of hydrogen-bond acceptors (Lipinski definition) is 2. The average molecular weight is 175 g/mol. The fraction of sp³-hybridized carbons (Fsp3) is 0.273. The Kier molecular flexibility index (Phi) is 2.32. The van der Waals surface area contributed by atoms with Gasteiger partial charge in [-0.15, -0.1) is 0 Å². The largest absolute Gasteiger partial charge is 0.269 e. The molecule has 0 unspecified atom stereocenters. The van der Waals surface area contributed by atoms with Crippen LogP contribution in [-0.4, -0.2) is 13.2 Å². The second kappa shape index (κ2) is 3.62. The molecule has 0 bridgehead atoms. The summed E-state index contributed by atoms with van der Waals surface area (Å²) in [6, 6.07) is 10.2. The van der Waals surface area contributed by atoms with Crippen molar-refractivity contribution >= 4 is 5.69 Å². The third-order valence-electron chi connectivity index (χ3n) is 2.10. The van der Waals surface area contributed by atoms with Gasteiger partial charge in [-0.3, -0.25) is 4.84 Å². The van der Waals surface area contributed by atoms with Gasteiger partial charge in [0, 0.05) is 0 Å². The maximum Gasteiger partial charge on any atom is 0.0933 e. The standard InChI is InChI=1S/C11H13NO/c1-10-7-8-13-12(9-10)11-5-3-2-4-6-11/h2-7H,8-9H2,1H3. The summed E-state index contributed by atoms with van der Waals surface area (Å²) in [6.07, 6.45) is 2.11. The Bertz CT molecular complexity index is 305. The highest BCUT2D eigenvalue weighted by atomic mass is 16.7. The first-order valence-corrected chi connectivity index (χ1v) is 4.47. The molecule has 0 N–H and O–H groups in total. The Morgan fingerprint density at radius 3 is 2.69 bits per heavy atom. The summed E-state index contributed by atoms with van der Waals surface area (Å²) in [5, 5.41) is 1.93. The number of hydrogen-bond donors (Lipinski definition) is 0. The fourth-order valence-corrected chi connectivity index (χ4v) is 1.37. The molecule has 0 amide bonds. The van der Waals surface area contributed by atoms with E-state index in [1.54, 1.807) is 0 Å². The molecule has 68 valence electrons. The summed E-state index contributed by atoms with van der Waals surface area (Å²) < 4.78 is 0. The van der Waals surface area contributed by atoms with Crippen molar-refractivity contribution in [2.75, 3.05) is 18.2 Å². The van der Waals surface area contributed by atoms with Crippen LogP contribution in [0.1, 0.15) is 6.92 Å². The molecule has 1 aliphatic heterocycles. The number of benzene rings is 1. The van der Waals surface area contributed by atoms with Crippen molar-refractivity contribution in [1.29, 1.82) is 0 Å². The van der Waals surface area contributed by atoms with Crippen LogP contribution in [0.3, 0.4) is 0 Å². The predicted molar refractivity (Wildman–Crippen MR) is 53.5 cm³/mol. The van der Waals surface area contributed by atoms with Gasteiger partial charge in [-0.1, -0.05) is 29.8 Å². The van der Waals surface area contributed by atoms with Crippen LogP contribution >= 0.6 is 0 Å². The van der Waals surface area contributed by atoms with Gasteiger partial charge in [-0.2, -0.15) is 0 Å². The van der Waals surface area contributed by atoms with Gasteiger partial charge < -0.3 is 0 Å². The van der Waals surface area contributed by atoms with Crippen LogP contribution in [0.4, 0.5) is 5.69 Å². The summed E-state index contributed by atoms with van der Waals surface area (Å²) in [5.74, 6) is 0. The Morgan fingerprint density at radius 1 is 1.23 bits per heavy atom. The minimum Gasteiger partial charge on any atom is -0.269 e. The first kappa shape index (κ1) is 8.32. The van der Waals surface area contributed by atoms with Crippen molar-refractivity contribution in [1.82, 2.24) is 0 Å². The van der Waals surface area contributed by atoms with Crippen molar-refractivity contribution in [3.63, 3.8) is 0 Å². The van der Waals surface area contributed by atoms with E-state index in [1.165, 1.54) is 5.57 Å². The SMILES string of the molecule is CC1=CCON(c2ccccc2)C1. The molecule has 0 spiro atoms. The molecule has 2 nitrogen and oxygen atoms in total. The van der Waals surface area contributed by atoms with Crippen molar-refractivity contribution in [2.24, 2.45) is 0 Å². The monoisotopic (exact) mass is 175 g/mol.